The van der Waals surface area contributed by atoms with Gasteiger partial charge in [-0.05, 0) is 32.1 Å². The third-order valence-corrected chi connectivity index (χ3v) is 6.11. The maximum atomic E-state index is 11.5. The molecule has 0 unspecified atom stereocenters. The van der Waals surface area contributed by atoms with Crippen molar-refractivity contribution in [2.45, 2.75) is 31.9 Å². The van der Waals surface area contributed by atoms with Crippen molar-refractivity contribution in [2.24, 2.45) is 5.41 Å². The second-order valence-corrected chi connectivity index (χ2v) is 7.11. The van der Waals surface area contributed by atoms with Crippen molar-refractivity contribution >= 4 is 25.8 Å². The van der Waals surface area contributed by atoms with Gasteiger partial charge in [-0.1, -0.05) is 15.9 Å². The lowest BCUT2D eigenvalue weighted by atomic mass is 10.2. The minimum atomic E-state index is -2.84. The lowest BCUT2D eigenvalue weighted by molar-refractivity contribution is 0.564. The summed E-state index contributed by atoms with van der Waals surface area (Å²) in [6.45, 7) is 3.50. The first-order valence-corrected chi connectivity index (χ1v) is 7.03. The Hall–Kier alpha value is 0.430. The van der Waals surface area contributed by atoms with E-state index in [0.717, 1.165) is 18.2 Å². The molecule has 1 aliphatic rings. The molecular weight excluding hydrogens is 240 g/mol. The largest absolute Gasteiger partial charge is 0.229 e. The molecule has 1 fully saturated rings. The van der Waals surface area contributed by atoms with Crippen LogP contribution in [0.1, 0.15) is 26.7 Å². The normalized spacial score (nSPS) is 21.3. The molecule has 0 heterocycles. The van der Waals surface area contributed by atoms with Gasteiger partial charge in [0.05, 0.1) is 11.0 Å². The first-order valence-electron chi connectivity index (χ1n) is 4.19. The Labute approximate surface area is 82.8 Å². The molecule has 1 saturated carbocycles. The summed E-state index contributed by atoms with van der Waals surface area (Å²) in [4.78, 5) is 0. The van der Waals surface area contributed by atoms with E-state index in [-0.39, 0.29) is 10.7 Å². The molecule has 0 radical (unpaired) electrons. The molecule has 0 amide bonds. The Morgan fingerprint density at radius 2 is 1.92 bits per heavy atom. The summed E-state index contributed by atoms with van der Waals surface area (Å²) in [6.07, 6.45) is 2.12. The second kappa shape index (κ2) is 3.29. The van der Waals surface area contributed by atoms with E-state index in [2.05, 4.69) is 15.9 Å². The summed E-state index contributed by atoms with van der Waals surface area (Å²) in [6, 6.07) is 0. The van der Waals surface area contributed by atoms with Gasteiger partial charge in [-0.3, -0.25) is 0 Å². The maximum Gasteiger partial charge on any atom is 0.153 e. The van der Waals surface area contributed by atoms with Crippen LogP contribution in [0.5, 0.6) is 0 Å². The van der Waals surface area contributed by atoms with Crippen LogP contribution in [0.3, 0.4) is 0 Å². The first kappa shape index (κ1) is 10.5. The zero-order valence-electron chi connectivity index (χ0n) is 7.51. The van der Waals surface area contributed by atoms with Gasteiger partial charge in [-0.25, -0.2) is 8.42 Å². The fraction of sp³-hybridized carbons (Fsp3) is 1.00. The minimum Gasteiger partial charge on any atom is -0.229 e. The lowest BCUT2D eigenvalue weighted by Crippen LogP contribution is -2.25. The molecule has 0 aliphatic heterocycles. The number of hydrogen-bond acceptors (Lipinski definition) is 2. The number of hydrogen-bond donors (Lipinski definition) is 0. The van der Waals surface area contributed by atoms with Gasteiger partial charge < -0.3 is 0 Å². The van der Waals surface area contributed by atoms with E-state index in [1.807, 2.05) is 0 Å². The third-order valence-electron chi connectivity index (χ3n) is 2.47. The Morgan fingerprint density at radius 1 is 1.42 bits per heavy atom. The summed E-state index contributed by atoms with van der Waals surface area (Å²) in [5, 5.41) is 0.598. The Bertz CT molecular complexity index is 252. The van der Waals surface area contributed by atoms with Crippen LogP contribution in [0.15, 0.2) is 0 Å². The molecule has 0 spiro atoms. The van der Waals surface area contributed by atoms with Gasteiger partial charge in [-0.15, -0.1) is 0 Å². The highest BCUT2D eigenvalue weighted by atomic mass is 79.9. The molecule has 0 saturated heterocycles. The first-order chi connectivity index (χ1) is 5.42. The molecule has 1 aliphatic carbocycles. The number of sulfone groups is 1. The predicted octanol–water partition coefficient (Wildman–Crippen LogP) is 1.98. The summed E-state index contributed by atoms with van der Waals surface area (Å²) in [7, 11) is -2.84. The van der Waals surface area contributed by atoms with Crippen LogP contribution in [0.2, 0.25) is 0 Å². The fourth-order valence-electron chi connectivity index (χ4n) is 1.09. The SMILES string of the molecule is CC(C)S(=O)(=O)CC1(CBr)CC1. The van der Waals surface area contributed by atoms with Gasteiger partial charge in [0, 0.05) is 5.33 Å². The molecule has 2 nitrogen and oxygen atoms in total. The molecule has 4 heteroatoms. The van der Waals surface area contributed by atoms with Gasteiger partial charge in [0.2, 0.25) is 0 Å². The molecule has 0 aromatic heterocycles. The van der Waals surface area contributed by atoms with Crippen molar-refractivity contribution < 1.29 is 8.42 Å². The molecule has 1 rings (SSSR count). The number of halogens is 1. The predicted molar refractivity (Wildman–Crippen MR) is 54.4 cm³/mol. The van der Waals surface area contributed by atoms with E-state index in [4.69, 9.17) is 0 Å². The average Bonchev–Trinajstić information content (AvgIpc) is 2.68. The van der Waals surface area contributed by atoms with E-state index in [0.29, 0.717) is 5.75 Å². The quantitative estimate of drug-likeness (QED) is 0.720. The molecule has 72 valence electrons. The standard InChI is InChI=1S/C8H15BrO2S/c1-7(2)12(10,11)6-8(5-9)3-4-8/h7H,3-6H2,1-2H3. The highest BCUT2D eigenvalue weighted by Gasteiger charge is 2.45. The topological polar surface area (TPSA) is 34.1 Å². The molecule has 12 heavy (non-hydrogen) atoms. The molecular formula is C8H15BrO2S. The third kappa shape index (κ3) is 2.22. The van der Waals surface area contributed by atoms with Gasteiger partial charge in [0.15, 0.2) is 9.84 Å². The van der Waals surface area contributed by atoms with Crippen molar-refractivity contribution in [3.8, 4) is 0 Å². The second-order valence-electron chi connectivity index (χ2n) is 3.99. The molecule has 0 atom stereocenters. The van der Waals surface area contributed by atoms with E-state index in [1.54, 1.807) is 13.8 Å². The van der Waals surface area contributed by atoms with E-state index >= 15 is 0 Å². The summed E-state index contributed by atoms with van der Waals surface area (Å²) >= 11 is 3.37. The average molecular weight is 255 g/mol. The van der Waals surface area contributed by atoms with Crippen molar-refractivity contribution in [2.75, 3.05) is 11.1 Å². The van der Waals surface area contributed by atoms with Crippen molar-refractivity contribution in [3.05, 3.63) is 0 Å². The zero-order valence-corrected chi connectivity index (χ0v) is 9.91. The molecule has 0 aromatic rings. The van der Waals surface area contributed by atoms with Gasteiger partial charge in [-0.2, -0.15) is 0 Å². The van der Waals surface area contributed by atoms with Crippen molar-refractivity contribution in [3.63, 3.8) is 0 Å². The summed E-state index contributed by atoms with van der Waals surface area (Å²) < 4.78 is 23.0. The van der Waals surface area contributed by atoms with Gasteiger partial charge in [0.25, 0.3) is 0 Å². The van der Waals surface area contributed by atoms with Gasteiger partial charge in [0.1, 0.15) is 0 Å². The molecule has 0 bridgehead atoms. The van der Waals surface area contributed by atoms with E-state index in [9.17, 15) is 8.42 Å². The number of alkyl halides is 1. The van der Waals surface area contributed by atoms with Crippen molar-refractivity contribution in [1.82, 2.24) is 0 Å². The van der Waals surface area contributed by atoms with Crippen LogP contribution in [-0.2, 0) is 9.84 Å². The lowest BCUT2D eigenvalue weighted by Gasteiger charge is -2.13. The Kier molecular flexibility index (Phi) is 2.88. The molecule has 0 N–H and O–H groups in total. The number of rotatable bonds is 4. The van der Waals surface area contributed by atoms with Crippen LogP contribution in [0.4, 0.5) is 0 Å². The van der Waals surface area contributed by atoms with Crippen LogP contribution in [0.25, 0.3) is 0 Å². The summed E-state index contributed by atoms with van der Waals surface area (Å²) in [5.41, 5.74) is 0.0864. The van der Waals surface area contributed by atoms with E-state index in [1.165, 1.54) is 0 Å². The van der Waals surface area contributed by atoms with Crippen LogP contribution < -0.4 is 0 Å². The highest BCUT2D eigenvalue weighted by molar-refractivity contribution is 9.09. The molecule has 0 aromatic carbocycles. The Balaban J connectivity index is 2.62. The maximum absolute atomic E-state index is 11.5. The minimum absolute atomic E-state index is 0.0864. The Morgan fingerprint density at radius 3 is 2.17 bits per heavy atom. The van der Waals surface area contributed by atoms with Crippen LogP contribution in [-0.4, -0.2) is 24.8 Å². The smallest absolute Gasteiger partial charge is 0.153 e. The summed E-state index contributed by atoms with van der Waals surface area (Å²) in [5.74, 6) is 0.364. The van der Waals surface area contributed by atoms with E-state index < -0.39 is 9.84 Å². The van der Waals surface area contributed by atoms with Gasteiger partial charge >= 0.3 is 0 Å². The monoisotopic (exact) mass is 254 g/mol. The van der Waals surface area contributed by atoms with Crippen molar-refractivity contribution in [1.29, 1.82) is 0 Å². The van der Waals surface area contributed by atoms with Crippen LogP contribution in [0, 0.1) is 5.41 Å². The van der Waals surface area contributed by atoms with Crippen LogP contribution >= 0.6 is 15.9 Å². The fourth-order valence-corrected chi connectivity index (χ4v) is 3.69. The zero-order chi connectivity index (χ0) is 9.41. The highest BCUT2D eigenvalue weighted by Crippen LogP contribution is 2.48.